The third kappa shape index (κ3) is 3.97. The van der Waals surface area contributed by atoms with Crippen LogP contribution in [-0.2, 0) is 16.0 Å². The van der Waals surface area contributed by atoms with Crippen LogP contribution in [0, 0.1) is 0 Å². The summed E-state index contributed by atoms with van der Waals surface area (Å²) in [7, 11) is 1.63. The fourth-order valence-electron chi connectivity index (χ4n) is 4.16. The molecule has 0 spiro atoms. The number of likely N-dealkylation sites (tertiary alicyclic amines) is 1. The molecular formula is C23H25N3O3. The van der Waals surface area contributed by atoms with Gasteiger partial charge in [-0.2, -0.15) is 0 Å². The predicted octanol–water partition coefficient (Wildman–Crippen LogP) is 2.85. The Morgan fingerprint density at radius 3 is 2.62 bits per heavy atom. The average molecular weight is 391 g/mol. The van der Waals surface area contributed by atoms with Gasteiger partial charge in [-0.15, -0.1) is 0 Å². The predicted molar refractivity (Wildman–Crippen MR) is 112 cm³/mol. The number of nitrogens with zero attached hydrogens (tertiary/aromatic N) is 1. The number of para-hydroxylation sites is 1. The summed E-state index contributed by atoms with van der Waals surface area (Å²) in [6, 6.07) is 15.7. The minimum Gasteiger partial charge on any atom is -0.497 e. The Morgan fingerprint density at radius 2 is 1.90 bits per heavy atom. The molecule has 1 fully saturated rings. The van der Waals surface area contributed by atoms with Gasteiger partial charge in [0.05, 0.1) is 19.6 Å². The number of benzene rings is 2. The maximum Gasteiger partial charge on any atom is 0.227 e. The Morgan fingerprint density at radius 1 is 1.14 bits per heavy atom. The van der Waals surface area contributed by atoms with Crippen molar-refractivity contribution in [3.8, 4) is 5.75 Å². The number of carbonyl (C=O) groups excluding carboxylic acids is 2. The van der Waals surface area contributed by atoms with Crippen molar-refractivity contribution in [2.45, 2.75) is 25.3 Å². The van der Waals surface area contributed by atoms with E-state index in [4.69, 9.17) is 4.74 Å². The van der Waals surface area contributed by atoms with Gasteiger partial charge in [-0.05, 0) is 29.3 Å². The van der Waals surface area contributed by atoms with Crippen LogP contribution < -0.4 is 10.1 Å². The first-order valence-electron chi connectivity index (χ1n) is 9.79. The number of H-pyrrole nitrogens is 1. The number of fused-ring (bicyclic) bond motifs is 1. The van der Waals surface area contributed by atoms with Crippen LogP contribution in [0.15, 0.2) is 54.7 Å². The molecule has 1 aliphatic heterocycles. The highest BCUT2D eigenvalue weighted by Crippen LogP contribution is 2.30. The van der Waals surface area contributed by atoms with E-state index in [1.807, 2.05) is 59.6 Å². The molecule has 1 saturated heterocycles. The Kier molecular flexibility index (Phi) is 5.25. The molecule has 2 unspecified atom stereocenters. The summed E-state index contributed by atoms with van der Waals surface area (Å²) >= 11 is 0. The first-order chi connectivity index (χ1) is 14.0. The van der Waals surface area contributed by atoms with Crippen molar-refractivity contribution in [1.29, 1.82) is 0 Å². The number of carbonyl (C=O) groups is 2. The number of methoxy groups -OCH3 is 1. The monoisotopic (exact) mass is 391 g/mol. The highest BCUT2D eigenvalue weighted by atomic mass is 16.5. The molecule has 0 aliphatic carbocycles. The van der Waals surface area contributed by atoms with Crippen molar-refractivity contribution >= 4 is 22.7 Å². The summed E-state index contributed by atoms with van der Waals surface area (Å²) in [6.07, 6.45) is 2.25. The smallest absolute Gasteiger partial charge is 0.227 e. The zero-order valence-corrected chi connectivity index (χ0v) is 16.6. The summed E-state index contributed by atoms with van der Waals surface area (Å²) in [5, 5.41) is 4.10. The number of aromatic nitrogens is 1. The molecule has 6 nitrogen and oxygen atoms in total. The molecular weight excluding hydrogens is 366 g/mol. The maximum atomic E-state index is 13.0. The van der Waals surface area contributed by atoms with Crippen molar-refractivity contribution in [1.82, 2.24) is 15.2 Å². The van der Waals surface area contributed by atoms with Crippen LogP contribution >= 0.6 is 0 Å². The first-order valence-corrected chi connectivity index (χ1v) is 9.79. The standard InChI is InChI=1S/C23H25N3O3/c1-15(27)25-22-14-26(13-20(22)16-7-9-18(29-2)10-8-16)23(28)11-17-12-24-21-6-4-3-5-19(17)21/h3-10,12,20,22,24H,11,13-14H2,1-2H3,(H,25,27). The van der Waals surface area contributed by atoms with Gasteiger partial charge in [0.25, 0.3) is 0 Å². The van der Waals surface area contributed by atoms with Gasteiger partial charge in [0.2, 0.25) is 11.8 Å². The number of amides is 2. The normalized spacial score (nSPS) is 18.8. The van der Waals surface area contributed by atoms with Gasteiger partial charge >= 0.3 is 0 Å². The van der Waals surface area contributed by atoms with Gasteiger partial charge in [-0.1, -0.05) is 30.3 Å². The minimum absolute atomic E-state index is 0.0525. The third-order valence-electron chi connectivity index (χ3n) is 5.62. The van der Waals surface area contributed by atoms with Gasteiger partial charge in [-0.3, -0.25) is 9.59 Å². The van der Waals surface area contributed by atoms with Crippen molar-refractivity contribution in [2.75, 3.05) is 20.2 Å². The summed E-state index contributed by atoms with van der Waals surface area (Å²) < 4.78 is 5.24. The molecule has 3 aromatic rings. The van der Waals surface area contributed by atoms with E-state index in [9.17, 15) is 9.59 Å². The van der Waals surface area contributed by atoms with Crippen molar-refractivity contribution < 1.29 is 14.3 Å². The van der Waals surface area contributed by atoms with Crippen molar-refractivity contribution in [2.24, 2.45) is 0 Å². The topological polar surface area (TPSA) is 74.4 Å². The number of hydrogen-bond donors (Lipinski definition) is 2. The summed E-state index contributed by atoms with van der Waals surface area (Å²) in [5.41, 5.74) is 3.12. The Bertz CT molecular complexity index is 1030. The summed E-state index contributed by atoms with van der Waals surface area (Å²) in [4.78, 5) is 29.8. The maximum absolute atomic E-state index is 13.0. The molecule has 0 bridgehead atoms. The molecule has 1 aromatic heterocycles. The molecule has 0 saturated carbocycles. The number of aromatic amines is 1. The molecule has 6 heteroatoms. The zero-order chi connectivity index (χ0) is 20.4. The highest BCUT2D eigenvalue weighted by molar-refractivity contribution is 5.89. The van der Waals surface area contributed by atoms with E-state index in [0.29, 0.717) is 19.5 Å². The lowest BCUT2D eigenvalue weighted by Crippen LogP contribution is -2.39. The Labute approximate surface area is 169 Å². The molecule has 1 aliphatic rings. The number of rotatable bonds is 5. The highest BCUT2D eigenvalue weighted by Gasteiger charge is 2.36. The molecule has 0 radical (unpaired) electrons. The first kappa shape index (κ1) is 19.1. The van der Waals surface area contributed by atoms with E-state index in [-0.39, 0.29) is 23.8 Å². The second kappa shape index (κ2) is 7.99. The quantitative estimate of drug-likeness (QED) is 0.702. The van der Waals surface area contributed by atoms with Gasteiger partial charge in [0.15, 0.2) is 0 Å². The van der Waals surface area contributed by atoms with E-state index >= 15 is 0 Å². The van der Waals surface area contributed by atoms with E-state index in [0.717, 1.165) is 27.8 Å². The number of ether oxygens (including phenoxy) is 1. The van der Waals surface area contributed by atoms with Crippen LogP contribution in [-0.4, -0.2) is 47.9 Å². The van der Waals surface area contributed by atoms with Crippen molar-refractivity contribution in [3.05, 3.63) is 65.9 Å². The van der Waals surface area contributed by atoms with Crippen LogP contribution in [0.25, 0.3) is 10.9 Å². The molecule has 2 atom stereocenters. The molecule has 2 heterocycles. The Balaban J connectivity index is 1.52. The van der Waals surface area contributed by atoms with E-state index in [1.54, 1.807) is 7.11 Å². The zero-order valence-electron chi connectivity index (χ0n) is 16.6. The van der Waals surface area contributed by atoms with E-state index in [2.05, 4.69) is 10.3 Å². The van der Waals surface area contributed by atoms with Crippen LogP contribution in [0.1, 0.15) is 24.0 Å². The van der Waals surface area contributed by atoms with Gasteiger partial charge < -0.3 is 19.9 Å². The van der Waals surface area contributed by atoms with Gasteiger partial charge in [0.1, 0.15) is 5.75 Å². The third-order valence-corrected chi connectivity index (χ3v) is 5.62. The van der Waals surface area contributed by atoms with Gasteiger partial charge in [0, 0.05) is 43.0 Å². The fourth-order valence-corrected chi connectivity index (χ4v) is 4.16. The van der Waals surface area contributed by atoms with Crippen LogP contribution in [0.5, 0.6) is 5.75 Å². The number of nitrogens with one attached hydrogen (secondary N) is 2. The lowest BCUT2D eigenvalue weighted by Gasteiger charge is -2.19. The SMILES string of the molecule is COc1ccc(C2CN(C(=O)Cc3c[nH]c4ccccc34)CC2NC(C)=O)cc1. The molecule has 4 rings (SSSR count). The van der Waals surface area contributed by atoms with E-state index < -0.39 is 0 Å². The summed E-state index contributed by atoms with van der Waals surface area (Å²) in [6.45, 7) is 2.61. The molecule has 29 heavy (non-hydrogen) atoms. The van der Waals surface area contributed by atoms with Crippen LogP contribution in [0.2, 0.25) is 0 Å². The molecule has 2 amide bonds. The lowest BCUT2D eigenvalue weighted by atomic mass is 9.94. The van der Waals surface area contributed by atoms with Crippen molar-refractivity contribution in [3.63, 3.8) is 0 Å². The Hall–Kier alpha value is -3.28. The summed E-state index contributed by atoms with van der Waals surface area (Å²) in [5.74, 6) is 0.826. The molecule has 150 valence electrons. The van der Waals surface area contributed by atoms with E-state index in [1.165, 1.54) is 6.92 Å². The van der Waals surface area contributed by atoms with Gasteiger partial charge in [-0.25, -0.2) is 0 Å². The van der Waals surface area contributed by atoms with Crippen LogP contribution in [0.4, 0.5) is 0 Å². The molecule has 2 N–H and O–H groups in total. The van der Waals surface area contributed by atoms with Crippen LogP contribution in [0.3, 0.4) is 0 Å². The molecule has 2 aromatic carbocycles. The minimum atomic E-state index is -0.104. The largest absolute Gasteiger partial charge is 0.497 e. The average Bonchev–Trinajstić information content (AvgIpc) is 3.32. The fraction of sp³-hybridized carbons (Fsp3) is 0.304. The second-order valence-corrected chi connectivity index (χ2v) is 7.52. The number of hydrogen-bond acceptors (Lipinski definition) is 3. The lowest BCUT2D eigenvalue weighted by molar-refractivity contribution is -0.129. The second-order valence-electron chi connectivity index (χ2n) is 7.52.